The summed E-state index contributed by atoms with van der Waals surface area (Å²) in [6, 6.07) is 28.7. The summed E-state index contributed by atoms with van der Waals surface area (Å²) in [4.78, 5) is 0. The summed E-state index contributed by atoms with van der Waals surface area (Å²) >= 11 is 0. The van der Waals surface area contributed by atoms with Gasteiger partial charge in [-0.2, -0.15) is 0 Å². The summed E-state index contributed by atoms with van der Waals surface area (Å²) in [5.74, 6) is 0. The van der Waals surface area contributed by atoms with Crippen LogP contribution < -0.4 is 0 Å². The van der Waals surface area contributed by atoms with E-state index in [-0.39, 0.29) is 0 Å². The van der Waals surface area contributed by atoms with Crippen molar-refractivity contribution in [2.45, 2.75) is 13.3 Å². The summed E-state index contributed by atoms with van der Waals surface area (Å²) in [5.41, 5.74) is 4.04. The first kappa shape index (κ1) is 13.1. The van der Waals surface area contributed by atoms with E-state index in [1.807, 2.05) is 0 Å². The molecule has 0 aliphatic heterocycles. The molecular weight excluding hydrogens is 264 g/mol. The number of fused-ring (bicyclic) bond motifs is 3. The van der Waals surface area contributed by atoms with Gasteiger partial charge in [0.05, 0.1) is 0 Å². The topological polar surface area (TPSA) is 0 Å². The zero-order chi connectivity index (χ0) is 14.9. The standard InChI is InChI=1S/C22H18/c1-16-7-12-21-20(13-16)11-10-19-9-8-18(15-22(19)21)14-17-5-3-2-4-6-17/h2-13,15H,14H2,1H3. The second kappa shape index (κ2) is 5.31. The molecule has 0 aliphatic carbocycles. The first-order valence-corrected chi connectivity index (χ1v) is 7.75. The number of rotatable bonds is 2. The second-order valence-electron chi connectivity index (χ2n) is 6.01. The highest BCUT2D eigenvalue weighted by Gasteiger charge is 2.03. The fourth-order valence-electron chi connectivity index (χ4n) is 3.17. The van der Waals surface area contributed by atoms with Gasteiger partial charge >= 0.3 is 0 Å². The molecule has 4 aromatic carbocycles. The average molecular weight is 282 g/mol. The monoisotopic (exact) mass is 282 g/mol. The molecule has 0 aromatic heterocycles. The lowest BCUT2D eigenvalue weighted by molar-refractivity contribution is 1.20. The molecule has 0 nitrogen and oxygen atoms in total. The molecule has 0 saturated heterocycles. The highest BCUT2D eigenvalue weighted by atomic mass is 14.1. The Morgan fingerprint density at radius 3 is 2.23 bits per heavy atom. The SMILES string of the molecule is Cc1ccc2c(ccc3ccc(Cc4ccccc4)cc32)c1. The minimum Gasteiger partial charge on any atom is -0.0622 e. The van der Waals surface area contributed by atoms with E-state index in [1.54, 1.807) is 0 Å². The summed E-state index contributed by atoms with van der Waals surface area (Å²) in [7, 11) is 0. The maximum atomic E-state index is 2.35. The maximum absolute atomic E-state index is 2.35. The lowest BCUT2D eigenvalue weighted by Gasteiger charge is -2.08. The van der Waals surface area contributed by atoms with Crippen LogP contribution in [0.3, 0.4) is 0 Å². The predicted molar refractivity (Wildman–Crippen MR) is 95.4 cm³/mol. The quantitative estimate of drug-likeness (QED) is 0.402. The number of hydrogen-bond acceptors (Lipinski definition) is 0. The number of hydrogen-bond donors (Lipinski definition) is 0. The van der Waals surface area contributed by atoms with Crippen LogP contribution in [0.1, 0.15) is 16.7 Å². The van der Waals surface area contributed by atoms with Crippen molar-refractivity contribution in [2.75, 3.05) is 0 Å². The van der Waals surface area contributed by atoms with Crippen molar-refractivity contribution in [3.05, 3.63) is 95.6 Å². The lowest BCUT2D eigenvalue weighted by atomic mass is 9.96. The minimum absolute atomic E-state index is 0.985. The van der Waals surface area contributed by atoms with Gasteiger partial charge in [-0.3, -0.25) is 0 Å². The molecule has 0 heteroatoms. The van der Waals surface area contributed by atoms with Crippen LogP contribution in [-0.2, 0) is 6.42 Å². The molecule has 0 amide bonds. The molecule has 0 N–H and O–H groups in total. The zero-order valence-corrected chi connectivity index (χ0v) is 12.7. The Morgan fingerprint density at radius 2 is 1.36 bits per heavy atom. The number of aryl methyl sites for hydroxylation is 1. The first-order valence-electron chi connectivity index (χ1n) is 7.75. The average Bonchev–Trinajstić information content (AvgIpc) is 2.55. The molecule has 22 heavy (non-hydrogen) atoms. The summed E-state index contributed by atoms with van der Waals surface area (Å²) in [6.07, 6.45) is 0.985. The van der Waals surface area contributed by atoms with E-state index in [4.69, 9.17) is 0 Å². The Kier molecular flexibility index (Phi) is 3.16. The molecule has 4 rings (SSSR count). The third kappa shape index (κ3) is 2.37. The summed E-state index contributed by atoms with van der Waals surface area (Å²) < 4.78 is 0. The van der Waals surface area contributed by atoms with E-state index in [0.717, 1.165) is 6.42 Å². The van der Waals surface area contributed by atoms with E-state index in [1.165, 1.54) is 38.2 Å². The van der Waals surface area contributed by atoms with Crippen LogP contribution in [0.15, 0.2) is 78.9 Å². The Balaban J connectivity index is 1.86. The third-order valence-corrected chi connectivity index (χ3v) is 4.31. The van der Waals surface area contributed by atoms with Gasteiger partial charge in [-0.1, -0.05) is 84.4 Å². The van der Waals surface area contributed by atoms with E-state index in [9.17, 15) is 0 Å². The van der Waals surface area contributed by atoms with Crippen LogP contribution in [0.25, 0.3) is 21.5 Å². The molecule has 106 valence electrons. The minimum atomic E-state index is 0.985. The first-order chi connectivity index (χ1) is 10.8. The van der Waals surface area contributed by atoms with Crippen molar-refractivity contribution in [2.24, 2.45) is 0 Å². The van der Waals surface area contributed by atoms with Crippen LogP contribution in [0.5, 0.6) is 0 Å². The molecule has 0 atom stereocenters. The smallest absolute Gasteiger partial charge is 0.00255 e. The van der Waals surface area contributed by atoms with E-state index in [2.05, 4.69) is 85.8 Å². The second-order valence-corrected chi connectivity index (χ2v) is 6.01. The van der Waals surface area contributed by atoms with Crippen LogP contribution in [0.4, 0.5) is 0 Å². The van der Waals surface area contributed by atoms with Crippen LogP contribution in [0.2, 0.25) is 0 Å². The van der Waals surface area contributed by atoms with Gasteiger partial charge in [-0.05, 0) is 46.0 Å². The van der Waals surface area contributed by atoms with Crippen LogP contribution in [0, 0.1) is 6.92 Å². The Hall–Kier alpha value is -2.60. The predicted octanol–water partition coefficient (Wildman–Crippen LogP) is 5.89. The van der Waals surface area contributed by atoms with Gasteiger partial charge in [-0.25, -0.2) is 0 Å². The van der Waals surface area contributed by atoms with E-state index in [0.29, 0.717) is 0 Å². The van der Waals surface area contributed by atoms with Crippen molar-refractivity contribution in [3.8, 4) is 0 Å². The van der Waals surface area contributed by atoms with Crippen molar-refractivity contribution in [3.63, 3.8) is 0 Å². The van der Waals surface area contributed by atoms with Gasteiger partial charge < -0.3 is 0 Å². The Morgan fingerprint density at radius 1 is 0.591 bits per heavy atom. The molecule has 4 aromatic rings. The molecule has 0 bridgehead atoms. The largest absolute Gasteiger partial charge is 0.0622 e. The Labute approximate surface area is 131 Å². The molecule has 0 fully saturated rings. The van der Waals surface area contributed by atoms with Crippen molar-refractivity contribution in [1.29, 1.82) is 0 Å². The maximum Gasteiger partial charge on any atom is -0.00255 e. The summed E-state index contributed by atoms with van der Waals surface area (Å²) in [6.45, 7) is 2.15. The van der Waals surface area contributed by atoms with Gasteiger partial charge in [0, 0.05) is 0 Å². The van der Waals surface area contributed by atoms with Gasteiger partial charge in [0.2, 0.25) is 0 Å². The van der Waals surface area contributed by atoms with Crippen LogP contribution >= 0.6 is 0 Å². The molecule has 0 spiro atoms. The van der Waals surface area contributed by atoms with Crippen molar-refractivity contribution in [1.82, 2.24) is 0 Å². The van der Waals surface area contributed by atoms with Crippen molar-refractivity contribution >= 4 is 21.5 Å². The van der Waals surface area contributed by atoms with Crippen LogP contribution in [-0.4, -0.2) is 0 Å². The van der Waals surface area contributed by atoms with E-state index >= 15 is 0 Å². The fourth-order valence-corrected chi connectivity index (χ4v) is 3.17. The van der Waals surface area contributed by atoms with Gasteiger partial charge in [0.1, 0.15) is 0 Å². The molecule has 0 saturated carbocycles. The highest BCUT2D eigenvalue weighted by Crippen LogP contribution is 2.27. The van der Waals surface area contributed by atoms with Gasteiger partial charge in [0.25, 0.3) is 0 Å². The van der Waals surface area contributed by atoms with Gasteiger partial charge in [-0.15, -0.1) is 0 Å². The molecule has 0 heterocycles. The zero-order valence-electron chi connectivity index (χ0n) is 12.7. The summed E-state index contributed by atoms with van der Waals surface area (Å²) in [5, 5.41) is 5.33. The Bertz CT molecular complexity index is 949. The molecule has 0 radical (unpaired) electrons. The fraction of sp³-hybridized carbons (Fsp3) is 0.0909. The molecule has 0 aliphatic rings. The number of benzene rings is 4. The van der Waals surface area contributed by atoms with Crippen molar-refractivity contribution < 1.29 is 0 Å². The normalized spacial score (nSPS) is 11.1. The molecular formula is C22H18. The lowest BCUT2D eigenvalue weighted by Crippen LogP contribution is -1.88. The molecule has 0 unspecified atom stereocenters. The van der Waals surface area contributed by atoms with Gasteiger partial charge in [0.15, 0.2) is 0 Å². The highest BCUT2D eigenvalue weighted by molar-refractivity contribution is 6.07. The third-order valence-electron chi connectivity index (χ3n) is 4.31. The van der Waals surface area contributed by atoms with E-state index < -0.39 is 0 Å².